The maximum absolute atomic E-state index is 11.4. The van der Waals surface area contributed by atoms with Crippen molar-refractivity contribution >= 4 is 5.91 Å². The summed E-state index contributed by atoms with van der Waals surface area (Å²) in [5.74, 6) is 0.669. The van der Waals surface area contributed by atoms with E-state index in [-0.39, 0.29) is 5.91 Å². The van der Waals surface area contributed by atoms with E-state index >= 15 is 0 Å². The van der Waals surface area contributed by atoms with Crippen LogP contribution in [0.3, 0.4) is 0 Å². The second-order valence-corrected chi connectivity index (χ2v) is 4.60. The Morgan fingerprint density at radius 2 is 2.11 bits per heavy atom. The van der Waals surface area contributed by atoms with Gasteiger partial charge in [-0.2, -0.15) is 0 Å². The summed E-state index contributed by atoms with van der Waals surface area (Å²) in [5, 5.41) is 9.67. The summed E-state index contributed by atoms with van der Waals surface area (Å²) in [7, 11) is 3.44. The number of benzene rings is 1. The van der Waals surface area contributed by atoms with Crippen LogP contribution >= 0.6 is 0 Å². The molecule has 0 bridgehead atoms. The molecule has 0 unspecified atom stereocenters. The summed E-state index contributed by atoms with van der Waals surface area (Å²) in [4.78, 5) is 12.9. The number of ether oxygens (including phenoxy) is 1. The zero-order chi connectivity index (χ0) is 13.7. The molecule has 0 heterocycles. The Bertz CT molecular complexity index is 414. The number of rotatable bonds is 5. The molecule has 0 saturated carbocycles. The Hall–Kier alpha value is -1.55. The minimum absolute atomic E-state index is 0.0284. The van der Waals surface area contributed by atoms with Crippen LogP contribution in [0.2, 0.25) is 0 Å². The van der Waals surface area contributed by atoms with Gasteiger partial charge in [-0.1, -0.05) is 11.6 Å². The lowest BCUT2D eigenvalue weighted by atomic mass is 10.1. The van der Waals surface area contributed by atoms with E-state index in [1.165, 1.54) is 4.90 Å². The summed E-state index contributed by atoms with van der Waals surface area (Å²) < 4.78 is 5.57. The zero-order valence-electron chi connectivity index (χ0n) is 11.4. The molecule has 0 fully saturated rings. The van der Waals surface area contributed by atoms with E-state index in [0.29, 0.717) is 18.8 Å². The Morgan fingerprint density at radius 1 is 1.44 bits per heavy atom. The third-order valence-electron chi connectivity index (χ3n) is 2.69. The minimum Gasteiger partial charge on any atom is -0.493 e. The SMILES string of the molecule is Cc1ccc(OCCC(=O)N(C)C)c([C@H](C)O)c1. The van der Waals surface area contributed by atoms with Crippen LogP contribution < -0.4 is 4.74 Å². The molecule has 1 N–H and O–H groups in total. The van der Waals surface area contributed by atoms with Crippen molar-refractivity contribution in [1.29, 1.82) is 0 Å². The molecule has 4 nitrogen and oxygen atoms in total. The molecular formula is C14H21NO3. The Labute approximate surface area is 108 Å². The van der Waals surface area contributed by atoms with E-state index < -0.39 is 6.10 Å². The molecule has 0 aliphatic rings. The topological polar surface area (TPSA) is 49.8 Å². The molecule has 0 aliphatic carbocycles. The Balaban J connectivity index is 2.65. The fourth-order valence-corrected chi connectivity index (χ4v) is 1.60. The number of hydrogen-bond acceptors (Lipinski definition) is 3. The van der Waals surface area contributed by atoms with Crippen molar-refractivity contribution < 1.29 is 14.6 Å². The summed E-state index contributed by atoms with van der Waals surface area (Å²) >= 11 is 0. The van der Waals surface area contributed by atoms with Crippen molar-refractivity contribution in [3.63, 3.8) is 0 Å². The molecule has 18 heavy (non-hydrogen) atoms. The average Bonchev–Trinajstić information content (AvgIpc) is 2.30. The van der Waals surface area contributed by atoms with E-state index in [2.05, 4.69) is 0 Å². The van der Waals surface area contributed by atoms with Gasteiger partial charge in [-0.25, -0.2) is 0 Å². The average molecular weight is 251 g/mol. The van der Waals surface area contributed by atoms with Gasteiger partial charge >= 0.3 is 0 Å². The first kappa shape index (κ1) is 14.5. The van der Waals surface area contributed by atoms with Crippen molar-refractivity contribution in [3.05, 3.63) is 29.3 Å². The molecule has 0 saturated heterocycles. The molecular weight excluding hydrogens is 230 g/mol. The van der Waals surface area contributed by atoms with Crippen LogP contribution in [-0.2, 0) is 4.79 Å². The molecule has 0 aliphatic heterocycles. The van der Waals surface area contributed by atoms with E-state index in [1.807, 2.05) is 25.1 Å². The van der Waals surface area contributed by atoms with Gasteiger partial charge < -0.3 is 14.7 Å². The van der Waals surface area contributed by atoms with E-state index in [0.717, 1.165) is 11.1 Å². The number of aliphatic hydroxyl groups is 1. The summed E-state index contributed by atoms with van der Waals surface area (Å²) in [6.45, 7) is 3.98. The highest BCUT2D eigenvalue weighted by Crippen LogP contribution is 2.26. The van der Waals surface area contributed by atoms with Crippen LogP contribution in [0.5, 0.6) is 5.75 Å². The van der Waals surface area contributed by atoms with Crippen molar-refractivity contribution in [2.45, 2.75) is 26.4 Å². The monoisotopic (exact) mass is 251 g/mol. The van der Waals surface area contributed by atoms with Crippen molar-refractivity contribution in [1.82, 2.24) is 4.90 Å². The first-order chi connectivity index (χ1) is 8.41. The molecule has 0 aromatic heterocycles. The number of aliphatic hydroxyl groups excluding tert-OH is 1. The van der Waals surface area contributed by atoms with Crippen LogP contribution in [0.4, 0.5) is 0 Å². The molecule has 100 valence electrons. The van der Waals surface area contributed by atoms with Gasteiger partial charge in [-0.05, 0) is 26.0 Å². The van der Waals surface area contributed by atoms with Crippen LogP contribution in [-0.4, -0.2) is 36.6 Å². The fourth-order valence-electron chi connectivity index (χ4n) is 1.60. The van der Waals surface area contributed by atoms with Gasteiger partial charge in [0.15, 0.2) is 0 Å². The number of amides is 1. The lowest BCUT2D eigenvalue weighted by molar-refractivity contribution is -0.129. The number of carbonyl (C=O) groups is 1. The second kappa shape index (κ2) is 6.40. The lowest BCUT2D eigenvalue weighted by Gasteiger charge is -2.15. The van der Waals surface area contributed by atoms with Crippen molar-refractivity contribution in [2.24, 2.45) is 0 Å². The molecule has 1 rings (SSSR count). The van der Waals surface area contributed by atoms with Crippen LogP contribution in [0, 0.1) is 6.92 Å². The van der Waals surface area contributed by atoms with Gasteiger partial charge in [0.2, 0.25) is 5.91 Å². The second-order valence-electron chi connectivity index (χ2n) is 4.60. The highest BCUT2D eigenvalue weighted by atomic mass is 16.5. The predicted molar refractivity (Wildman–Crippen MR) is 70.6 cm³/mol. The predicted octanol–water partition coefficient (Wildman–Crippen LogP) is 1.91. The molecule has 4 heteroatoms. The summed E-state index contributed by atoms with van der Waals surface area (Å²) in [6.07, 6.45) is -0.246. The maximum atomic E-state index is 11.4. The van der Waals surface area contributed by atoms with Gasteiger partial charge in [0.1, 0.15) is 5.75 Å². The van der Waals surface area contributed by atoms with E-state index in [4.69, 9.17) is 4.74 Å². The molecule has 1 aromatic rings. The Kier molecular flexibility index (Phi) is 5.16. The van der Waals surface area contributed by atoms with Gasteiger partial charge in [-0.3, -0.25) is 4.79 Å². The van der Waals surface area contributed by atoms with Crippen molar-refractivity contribution in [2.75, 3.05) is 20.7 Å². The molecule has 1 amide bonds. The van der Waals surface area contributed by atoms with Crippen LogP contribution in [0.1, 0.15) is 30.6 Å². The van der Waals surface area contributed by atoms with E-state index in [1.54, 1.807) is 21.0 Å². The third-order valence-corrected chi connectivity index (χ3v) is 2.69. The van der Waals surface area contributed by atoms with Gasteiger partial charge in [0.05, 0.1) is 19.1 Å². The molecule has 0 spiro atoms. The minimum atomic E-state index is -0.579. The number of nitrogens with zero attached hydrogens (tertiary/aromatic N) is 1. The van der Waals surface area contributed by atoms with Crippen molar-refractivity contribution in [3.8, 4) is 5.75 Å². The summed E-state index contributed by atoms with van der Waals surface area (Å²) in [5.41, 5.74) is 1.83. The number of carbonyl (C=O) groups excluding carboxylic acids is 1. The first-order valence-corrected chi connectivity index (χ1v) is 6.03. The molecule has 0 radical (unpaired) electrons. The highest BCUT2D eigenvalue weighted by molar-refractivity contribution is 5.75. The van der Waals surface area contributed by atoms with E-state index in [9.17, 15) is 9.90 Å². The number of aryl methyl sites for hydroxylation is 1. The van der Waals surface area contributed by atoms with Crippen LogP contribution in [0.25, 0.3) is 0 Å². The van der Waals surface area contributed by atoms with Crippen LogP contribution in [0.15, 0.2) is 18.2 Å². The van der Waals surface area contributed by atoms with Gasteiger partial charge in [0, 0.05) is 19.7 Å². The zero-order valence-corrected chi connectivity index (χ0v) is 11.4. The smallest absolute Gasteiger partial charge is 0.225 e. The fraction of sp³-hybridized carbons (Fsp3) is 0.500. The van der Waals surface area contributed by atoms with Gasteiger partial charge in [0.25, 0.3) is 0 Å². The standard InChI is InChI=1S/C14H21NO3/c1-10-5-6-13(12(9-10)11(2)16)18-8-7-14(17)15(3)4/h5-6,9,11,16H,7-8H2,1-4H3/t11-/m0/s1. The molecule has 1 atom stereocenters. The maximum Gasteiger partial charge on any atom is 0.225 e. The largest absolute Gasteiger partial charge is 0.493 e. The number of hydrogen-bond donors (Lipinski definition) is 1. The first-order valence-electron chi connectivity index (χ1n) is 6.03. The lowest BCUT2D eigenvalue weighted by Crippen LogP contribution is -2.23. The third kappa shape index (κ3) is 4.04. The normalized spacial score (nSPS) is 12.1. The van der Waals surface area contributed by atoms with Gasteiger partial charge in [-0.15, -0.1) is 0 Å². The highest BCUT2D eigenvalue weighted by Gasteiger charge is 2.10. The quantitative estimate of drug-likeness (QED) is 0.869. The Morgan fingerprint density at radius 3 is 2.67 bits per heavy atom. The summed E-state index contributed by atoms with van der Waals surface area (Å²) in [6, 6.07) is 5.65. The molecule has 1 aromatic carbocycles.